The van der Waals surface area contributed by atoms with E-state index in [0.29, 0.717) is 25.6 Å². The summed E-state index contributed by atoms with van der Waals surface area (Å²) in [7, 11) is 2.04. The highest BCUT2D eigenvalue weighted by Gasteiger charge is 2.19. The van der Waals surface area contributed by atoms with Crippen LogP contribution in [-0.2, 0) is 11.8 Å². The fraction of sp³-hybridized carbons (Fsp3) is 0.292. The van der Waals surface area contributed by atoms with E-state index in [4.69, 9.17) is 14.7 Å². The second-order valence-corrected chi connectivity index (χ2v) is 7.85. The molecule has 8 nitrogen and oxygen atoms in total. The number of rotatable bonds is 4. The summed E-state index contributed by atoms with van der Waals surface area (Å²) in [6.07, 6.45) is 2.06. The Morgan fingerprint density at radius 2 is 1.81 bits per heavy atom. The number of morpholine rings is 1. The second-order valence-electron chi connectivity index (χ2n) is 7.85. The highest BCUT2D eigenvalue weighted by Crippen LogP contribution is 2.33. The first kappa shape index (κ1) is 20.3. The molecule has 3 heterocycles. The summed E-state index contributed by atoms with van der Waals surface area (Å²) in [5, 5.41) is 7.71. The number of urea groups is 1. The molecule has 0 unspecified atom stereocenters. The Hall–Kier alpha value is -3.65. The summed E-state index contributed by atoms with van der Waals surface area (Å²) in [6, 6.07) is 13.8. The van der Waals surface area contributed by atoms with Gasteiger partial charge in [0.15, 0.2) is 5.82 Å². The molecule has 0 radical (unpaired) electrons. The summed E-state index contributed by atoms with van der Waals surface area (Å²) in [5.74, 6) is 1.60. The van der Waals surface area contributed by atoms with Gasteiger partial charge in [0.1, 0.15) is 5.82 Å². The number of carbonyl (C=O) groups is 1. The minimum atomic E-state index is -0.219. The van der Waals surface area contributed by atoms with Crippen LogP contribution >= 0.6 is 0 Å². The van der Waals surface area contributed by atoms with Gasteiger partial charge in [0.05, 0.1) is 18.7 Å². The van der Waals surface area contributed by atoms with Gasteiger partial charge in [-0.15, -0.1) is 0 Å². The average molecular weight is 431 g/mol. The highest BCUT2D eigenvalue weighted by atomic mass is 16.5. The number of amides is 2. The second kappa shape index (κ2) is 8.47. The monoisotopic (exact) mass is 430 g/mol. The van der Waals surface area contributed by atoms with Gasteiger partial charge in [-0.25, -0.2) is 14.8 Å². The van der Waals surface area contributed by atoms with Crippen molar-refractivity contribution in [2.24, 2.45) is 7.05 Å². The largest absolute Gasteiger partial charge is 0.378 e. The Kier molecular flexibility index (Phi) is 5.36. The average Bonchev–Trinajstić information content (AvgIpc) is 3.21. The molecular weight excluding hydrogens is 404 g/mol. The van der Waals surface area contributed by atoms with Gasteiger partial charge in [-0.05, 0) is 49.4 Å². The predicted molar refractivity (Wildman–Crippen MR) is 127 cm³/mol. The van der Waals surface area contributed by atoms with Crippen molar-refractivity contribution in [3.05, 3.63) is 48.7 Å². The van der Waals surface area contributed by atoms with Gasteiger partial charge >= 0.3 is 6.03 Å². The molecule has 0 spiro atoms. The van der Waals surface area contributed by atoms with E-state index in [9.17, 15) is 4.79 Å². The first-order valence-corrected chi connectivity index (χ1v) is 10.9. The van der Waals surface area contributed by atoms with Gasteiger partial charge in [0.25, 0.3) is 0 Å². The third-order valence-electron chi connectivity index (χ3n) is 5.76. The smallest absolute Gasteiger partial charge is 0.319 e. The fourth-order valence-corrected chi connectivity index (χ4v) is 4.11. The number of benzene rings is 2. The number of aromatic nitrogens is 3. The molecule has 5 rings (SSSR count). The molecule has 1 aliphatic heterocycles. The van der Waals surface area contributed by atoms with Gasteiger partial charge < -0.3 is 24.8 Å². The van der Waals surface area contributed by atoms with E-state index >= 15 is 0 Å². The van der Waals surface area contributed by atoms with E-state index in [1.54, 1.807) is 0 Å². The number of anilines is 2. The fourth-order valence-electron chi connectivity index (χ4n) is 4.11. The van der Waals surface area contributed by atoms with Crippen LogP contribution in [0, 0.1) is 0 Å². The minimum absolute atomic E-state index is 0.219. The maximum absolute atomic E-state index is 11.8. The van der Waals surface area contributed by atoms with Crippen LogP contribution in [0.1, 0.15) is 6.92 Å². The third-order valence-corrected chi connectivity index (χ3v) is 5.76. The lowest BCUT2D eigenvalue weighted by Gasteiger charge is -2.29. The molecule has 0 aliphatic carbocycles. The van der Waals surface area contributed by atoms with Crippen LogP contribution in [0.5, 0.6) is 0 Å². The molecule has 1 saturated heterocycles. The summed E-state index contributed by atoms with van der Waals surface area (Å²) >= 11 is 0. The van der Waals surface area contributed by atoms with E-state index in [-0.39, 0.29) is 6.03 Å². The van der Waals surface area contributed by atoms with E-state index in [0.717, 1.165) is 52.0 Å². The Labute approximate surface area is 186 Å². The first-order valence-electron chi connectivity index (χ1n) is 10.9. The summed E-state index contributed by atoms with van der Waals surface area (Å²) in [5.41, 5.74) is 3.70. The highest BCUT2D eigenvalue weighted by molar-refractivity contribution is 6.08. The number of hydrogen-bond donors (Lipinski definition) is 2. The minimum Gasteiger partial charge on any atom is -0.378 e. The Bertz CT molecular complexity index is 1280. The summed E-state index contributed by atoms with van der Waals surface area (Å²) in [6.45, 7) is 5.44. The normalized spacial score (nSPS) is 14.1. The number of carbonyl (C=O) groups excluding carboxylic acids is 1. The quantitative estimate of drug-likeness (QED) is 0.515. The molecular formula is C24H26N6O2. The van der Waals surface area contributed by atoms with Gasteiger partial charge in [-0.3, -0.25) is 0 Å². The Morgan fingerprint density at radius 3 is 2.56 bits per heavy atom. The third kappa shape index (κ3) is 3.73. The van der Waals surface area contributed by atoms with E-state index in [2.05, 4.69) is 44.5 Å². The van der Waals surface area contributed by atoms with Crippen molar-refractivity contribution in [2.45, 2.75) is 6.92 Å². The Morgan fingerprint density at radius 1 is 1.03 bits per heavy atom. The molecule has 2 amide bonds. The van der Waals surface area contributed by atoms with Crippen molar-refractivity contribution >= 4 is 39.3 Å². The van der Waals surface area contributed by atoms with Crippen molar-refractivity contribution < 1.29 is 9.53 Å². The predicted octanol–water partition coefficient (Wildman–Crippen LogP) is 3.77. The van der Waals surface area contributed by atoms with E-state index < -0.39 is 0 Å². The zero-order valence-corrected chi connectivity index (χ0v) is 18.3. The molecule has 1 aliphatic rings. The number of nitrogens with one attached hydrogen (secondary N) is 2. The molecule has 32 heavy (non-hydrogen) atoms. The van der Waals surface area contributed by atoms with Gasteiger partial charge in [-0.1, -0.05) is 0 Å². The maximum Gasteiger partial charge on any atom is 0.319 e. The lowest BCUT2D eigenvalue weighted by atomic mass is 10.1. The Balaban J connectivity index is 1.61. The SMILES string of the molecule is CCNC(=O)Nc1ccc(-c2nc(N3CCOCC3)c3ccc4c(ccn4C)c3n2)cc1. The van der Waals surface area contributed by atoms with Crippen molar-refractivity contribution in [3.63, 3.8) is 0 Å². The molecule has 2 aromatic carbocycles. The molecule has 0 saturated carbocycles. The number of hydrogen-bond acceptors (Lipinski definition) is 5. The van der Waals surface area contributed by atoms with Crippen LogP contribution in [0.15, 0.2) is 48.7 Å². The zero-order valence-electron chi connectivity index (χ0n) is 18.3. The molecule has 8 heteroatoms. The molecule has 2 N–H and O–H groups in total. The summed E-state index contributed by atoms with van der Waals surface area (Å²) in [4.78, 5) is 24.0. The molecule has 4 aromatic rings. The van der Waals surface area contributed by atoms with Crippen LogP contribution < -0.4 is 15.5 Å². The van der Waals surface area contributed by atoms with Crippen molar-refractivity contribution in [2.75, 3.05) is 43.1 Å². The van der Waals surface area contributed by atoms with Crippen molar-refractivity contribution in [1.29, 1.82) is 0 Å². The first-order chi connectivity index (χ1) is 15.6. The summed E-state index contributed by atoms with van der Waals surface area (Å²) < 4.78 is 7.66. The van der Waals surface area contributed by atoms with Crippen molar-refractivity contribution in [1.82, 2.24) is 19.9 Å². The molecule has 0 bridgehead atoms. The van der Waals surface area contributed by atoms with Crippen LogP contribution in [0.3, 0.4) is 0 Å². The lowest BCUT2D eigenvalue weighted by Crippen LogP contribution is -2.37. The van der Waals surface area contributed by atoms with Gasteiger partial charge in [0.2, 0.25) is 0 Å². The number of nitrogens with zero attached hydrogens (tertiary/aromatic N) is 4. The molecule has 0 atom stereocenters. The zero-order chi connectivity index (χ0) is 22.1. The number of aryl methyl sites for hydroxylation is 1. The van der Waals surface area contributed by atoms with E-state index in [1.807, 2.05) is 38.2 Å². The molecule has 164 valence electrons. The maximum atomic E-state index is 11.8. The lowest BCUT2D eigenvalue weighted by molar-refractivity contribution is 0.122. The topological polar surface area (TPSA) is 84.3 Å². The standard InChI is InChI=1S/C24H26N6O2/c1-3-25-24(31)26-17-6-4-16(5-7-17)22-27-21-18-10-11-29(2)20(18)9-8-19(21)23(28-22)30-12-14-32-15-13-30/h4-11H,3,12-15H2,1-2H3,(H2,25,26,31). The van der Waals surface area contributed by atoms with Crippen LogP contribution in [0.25, 0.3) is 33.2 Å². The molecule has 1 fully saturated rings. The molecule has 2 aromatic heterocycles. The van der Waals surface area contributed by atoms with Crippen molar-refractivity contribution in [3.8, 4) is 11.4 Å². The van der Waals surface area contributed by atoms with Crippen LogP contribution in [0.2, 0.25) is 0 Å². The van der Waals surface area contributed by atoms with Crippen LogP contribution in [0.4, 0.5) is 16.3 Å². The van der Waals surface area contributed by atoms with Gasteiger partial charge in [-0.2, -0.15) is 0 Å². The van der Waals surface area contributed by atoms with E-state index in [1.165, 1.54) is 0 Å². The van der Waals surface area contributed by atoms with Crippen LogP contribution in [-0.4, -0.2) is 53.4 Å². The number of ether oxygens (including phenoxy) is 1. The number of fused-ring (bicyclic) bond motifs is 3. The van der Waals surface area contributed by atoms with Gasteiger partial charge in [0, 0.05) is 60.4 Å².